The highest BCUT2D eigenvalue weighted by Crippen LogP contribution is 2.43. The summed E-state index contributed by atoms with van der Waals surface area (Å²) in [6.07, 6.45) is 1.20. The maximum atomic E-state index is 2.45. The van der Waals surface area contributed by atoms with Gasteiger partial charge in [-0.15, -0.1) is 0 Å². The van der Waals surface area contributed by atoms with Crippen molar-refractivity contribution in [1.82, 2.24) is 4.57 Å². The maximum absolute atomic E-state index is 2.45. The number of aromatic nitrogens is 1. The lowest BCUT2D eigenvalue weighted by molar-refractivity contribution is 0.229. The van der Waals surface area contributed by atoms with Gasteiger partial charge in [0.2, 0.25) is 0 Å². The summed E-state index contributed by atoms with van der Waals surface area (Å²) in [5.74, 6) is 0.555. The molecule has 0 aliphatic carbocycles. The molecule has 0 fully saturated rings. The van der Waals surface area contributed by atoms with Crippen LogP contribution in [0.1, 0.15) is 65.0 Å². The molecule has 0 radical (unpaired) electrons. The van der Waals surface area contributed by atoms with Crippen LogP contribution in [0.4, 0.5) is 0 Å². The molecule has 30 heavy (non-hydrogen) atoms. The van der Waals surface area contributed by atoms with Crippen molar-refractivity contribution in [1.29, 1.82) is 0 Å². The Labute approximate surface area is 181 Å². The fraction of sp³-hybridized carbons (Fsp3) is 0.379. The van der Waals surface area contributed by atoms with Crippen LogP contribution in [-0.4, -0.2) is 4.57 Å². The largest absolute Gasteiger partial charge is 0.336 e. The molecule has 1 unspecified atom stereocenters. The number of nitrogens with zero attached hydrogens (tertiary/aromatic N) is 1. The van der Waals surface area contributed by atoms with Crippen molar-refractivity contribution in [3.8, 4) is 0 Å². The average molecular weight is 398 g/mol. The molecule has 1 aromatic heterocycles. The van der Waals surface area contributed by atoms with Crippen LogP contribution >= 0.6 is 0 Å². The number of benzene rings is 3. The summed E-state index contributed by atoms with van der Waals surface area (Å²) in [6.45, 7) is 15.1. The molecule has 4 aromatic rings. The molecule has 1 atom stereocenters. The van der Waals surface area contributed by atoms with Gasteiger partial charge in [0, 0.05) is 28.4 Å². The second kappa shape index (κ2) is 7.61. The van der Waals surface area contributed by atoms with Crippen LogP contribution in [0.25, 0.3) is 21.8 Å². The normalized spacial score (nSPS) is 13.8. The number of hydrogen-bond acceptors (Lipinski definition) is 0. The predicted molar refractivity (Wildman–Crippen MR) is 131 cm³/mol. The van der Waals surface area contributed by atoms with Gasteiger partial charge in [0.15, 0.2) is 0 Å². The van der Waals surface area contributed by atoms with E-state index in [1.54, 1.807) is 0 Å². The Balaban J connectivity index is 1.69. The molecule has 0 saturated heterocycles. The molecule has 1 heteroatoms. The SMILES string of the molecule is CC(C)(C)CC(c1ccc(Cn2c3ccccc3c3ccccc32)cc1)C(C)(C)C. The number of para-hydroxylation sites is 2. The Morgan fingerprint density at radius 1 is 0.667 bits per heavy atom. The van der Waals surface area contributed by atoms with E-state index in [4.69, 9.17) is 0 Å². The number of hydrogen-bond donors (Lipinski definition) is 0. The van der Waals surface area contributed by atoms with Crippen molar-refractivity contribution < 1.29 is 0 Å². The summed E-state index contributed by atoms with van der Waals surface area (Å²) in [4.78, 5) is 0. The molecule has 0 aliphatic heterocycles. The minimum absolute atomic E-state index is 0.252. The topological polar surface area (TPSA) is 4.93 Å². The van der Waals surface area contributed by atoms with Gasteiger partial charge in [-0.25, -0.2) is 0 Å². The third kappa shape index (κ3) is 4.17. The van der Waals surface area contributed by atoms with Crippen molar-refractivity contribution >= 4 is 21.8 Å². The van der Waals surface area contributed by atoms with Crippen molar-refractivity contribution in [2.75, 3.05) is 0 Å². The van der Waals surface area contributed by atoms with Gasteiger partial charge in [0.1, 0.15) is 0 Å². The van der Waals surface area contributed by atoms with Gasteiger partial charge in [0.25, 0.3) is 0 Å². The third-order valence-corrected chi connectivity index (χ3v) is 6.26. The minimum Gasteiger partial charge on any atom is -0.336 e. The Hall–Kier alpha value is -2.54. The van der Waals surface area contributed by atoms with E-state index in [2.05, 4.69) is 119 Å². The van der Waals surface area contributed by atoms with Crippen LogP contribution in [0.3, 0.4) is 0 Å². The molecule has 0 aliphatic rings. The van der Waals surface area contributed by atoms with Gasteiger partial charge >= 0.3 is 0 Å². The van der Waals surface area contributed by atoms with Crippen LogP contribution < -0.4 is 0 Å². The van der Waals surface area contributed by atoms with E-state index in [1.165, 1.54) is 39.4 Å². The van der Waals surface area contributed by atoms with Crippen molar-refractivity contribution in [3.05, 3.63) is 83.9 Å². The molecule has 0 spiro atoms. The molecule has 0 N–H and O–H groups in total. The van der Waals surface area contributed by atoms with Crippen molar-refractivity contribution in [2.45, 2.75) is 60.4 Å². The van der Waals surface area contributed by atoms with Gasteiger partial charge in [-0.2, -0.15) is 0 Å². The van der Waals surface area contributed by atoms with Gasteiger partial charge in [0.05, 0.1) is 0 Å². The zero-order valence-corrected chi connectivity index (χ0v) is 19.4. The molecule has 1 nitrogen and oxygen atoms in total. The van der Waals surface area contributed by atoms with E-state index in [0.717, 1.165) is 6.54 Å². The summed E-state index contributed by atoms with van der Waals surface area (Å²) in [7, 11) is 0. The molecule has 1 heterocycles. The van der Waals surface area contributed by atoms with Crippen molar-refractivity contribution in [3.63, 3.8) is 0 Å². The Kier molecular flexibility index (Phi) is 5.26. The predicted octanol–water partition coefficient (Wildman–Crippen LogP) is 8.41. The smallest absolute Gasteiger partial charge is 0.0494 e. The fourth-order valence-electron chi connectivity index (χ4n) is 4.75. The molecular formula is C29H35N. The minimum atomic E-state index is 0.252. The first-order chi connectivity index (χ1) is 14.1. The maximum Gasteiger partial charge on any atom is 0.0494 e. The standard InChI is InChI=1S/C29H35N/c1-28(2,3)19-25(29(4,5)6)22-17-15-21(16-18-22)20-30-26-13-9-7-11-23(26)24-12-8-10-14-27(24)30/h7-18,25H,19-20H2,1-6H3. The molecule has 4 rings (SSSR count). The highest BCUT2D eigenvalue weighted by molar-refractivity contribution is 6.08. The van der Waals surface area contributed by atoms with Crippen LogP contribution in [0, 0.1) is 10.8 Å². The Morgan fingerprint density at radius 2 is 1.17 bits per heavy atom. The molecule has 0 bridgehead atoms. The van der Waals surface area contributed by atoms with Gasteiger partial charge < -0.3 is 4.57 Å². The molecule has 0 saturated carbocycles. The summed E-state index contributed by atoms with van der Waals surface area (Å²) >= 11 is 0. The molecule has 156 valence electrons. The lowest BCUT2D eigenvalue weighted by Crippen LogP contribution is -2.23. The lowest BCUT2D eigenvalue weighted by Gasteiger charge is -2.36. The van der Waals surface area contributed by atoms with E-state index in [9.17, 15) is 0 Å². The zero-order valence-electron chi connectivity index (χ0n) is 19.4. The fourth-order valence-corrected chi connectivity index (χ4v) is 4.75. The van der Waals surface area contributed by atoms with Crippen LogP contribution in [-0.2, 0) is 6.54 Å². The third-order valence-electron chi connectivity index (χ3n) is 6.26. The Bertz CT molecular complexity index is 1090. The molecular weight excluding hydrogens is 362 g/mol. The monoisotopic (exact) mass is 397 g/mol. The molecule has 0 amide bonds. The lowest BCUT2D eigenvalue weighted by atomic mass is 9.69. The quantitative estimate of drug-likeness (QED) is 0.326. The second-order valence-corrected chi connectivity index (χ2v) is 11.0. The first-order valence-electron chi connectivity index (χ1n) is 11.2. The summed E-state index contributed by atoms with van der Waals surface area (Å²) in [6, 6.07) is 26.9. The summed E-state index contributed by atoms with van der Waals surface area (Å²) in [5, 5.41) is 2.67. The van der Waals surface area contributed by atoms with Crippen LogP contribution in [0.5, 0.6) is 0 Å². The van der Waals surface area contributed by atoms with E-state index in [1.807, 2.05) is 0 Å². The number of fused-ring (bicyclic) bond motifs is 3. The van der Waals surface area contributed by atoms with Crippen LogP contribution in [0.15, 0.2) is 72.8 Å². The zero-order chi connectivity index (χ0) is 21.5. The van der Waals surface area contributed by atoms with Crippen molar-refractivity contribution in [2.24, 2.45) is 10.8 Å². The van der Waals surface area contributed by atoms with E-state index < -0.39 is 0 Å². The summed E-state index contributed by atoms with van der Waals surface area (Å²) in [5.41, 5.74) is 6.00. The highest BCUT2D eigenvalue weighted by Gasteiger charge is 2.30. The Morgan fingerprint density at radius 3 is 1.63 bits per heavy atom. The first kappa shape index (κ1) is 20.7. The second-order valence-electron chi connectivity index (χ2n) is 11.0. The van der Waals surface area contributed by atoms with Gasteiger partial charge in [-0.3, -0.25) is 0 Å². The van der Waals surface area contributed by atoms with Gasteiger partial charge in [-0.1, -0.05) is 102 Å². The van der Waals surface area contributed by atoms with E-state index in [-0.39, 0.29) is 5.41 Å². The van der Waals surface area contributed by atoms with Gasteiger partial charge in [-0.05, 0) is 46.4 Å². The highest BCUT2D eigenvalue weighted by atomic mass is 15.0. The summed E-state index contributed by atoms with van der Waals surface area (Å²) < 4.78 is 2.45. The number of rotatable bonds is 4. The van der Waals surface area contributed by atoms with E-state index >= 15 is 0 Å². The van der Waals surface area contributed by atoms with Crippen LogP contribution in [0.2, 0.25) is 0 Å². The molecule has 3 aromatic carbocycles. The average Bonchev–Trinajstić information content (AvgIpc) is 3.00. The van der Waals surface area contributed by atoms with E-state index in [0.29, 0.717) is 11.3 Å². The first-order valence-corrected chi connectivity index (χ1v) is 11.2.